The van der Waals surface area contributed by atoms with Gasteiger partial charge in [0.15, 0.2) is 0 Å². The monoisotopic (exact) mass is 192 g/mol. The molecule has 3 heteroatoms. The highest BCUT2D eigenvalue weighted by molar-refractivity contribution is 7.10. The largest absolute Gasteiger partial charge is 0.331 e. The number of imidazole rings is 1. The van der Waals surface area contributed by atoms with E-state index >= 15 is 0 Å². The molecule has 68 valence electrons. The summed E-state index contributed by atoms with van der Waals surface area (Å²) in [6.45, 7) is 5.25. The third-order valence-corrected chi connectivity index (χ3v) is 3.03. The van der Waals surface area contributed by atoms with Crippen LogP contribution in [0, 0.1) is 6.92 Å². The lowest BCUT2D eigenvalue weighted by Crippen LogP contribution is -1.94. The van der Waals surface area contributed by atoms with Crippen molar-refractivity contribution in [3.05, 3.63) is 28.8 Å². The maximum Gasteiger partial charge on any atom is 0.0950 e. The molecule has 0 aromatic carbocycles. The van der Waals surface area contributed by atoms with Crippen molar-refractivity contribution >= 4 is 11.3 Å². The molecule has 2 aromatic heterocycles. The lowest BCUT2D eigenvalue weighted by Gasteiger charge is -2.03. The fourth-order valence-corrected chi connectivity index (χ4v) is 2.16. The third kappa shape index (κ3) is 1.40. The van der Waals surface area contributed by atoms with Gasteiger partial charge in [0, 0.05) is 17.0 Å². The van der Waals surface area contributed by atoms with E-state index in [-0.39, 0.29) is 0 Å². The number of rotatable bonds is 2. The topological polar surface area (TPSA) is 17.8 Å². The fraction of sp³-hybridized carbons (Fsp3) is 0.300. The maximum atomic E-state index is 4.16. The zero-order valence-electron chi connectivity index (χ0n) is 7.82. The van der Waals surface area contributed by atoms with Crippen molar-refractivity contribution in [2.24, 2.45) is 0 Å². The molecule has 0 spiro atoms. The Morgan fingerprint density at radius 3 is 3.00 bits per heavy atom. The molecule has 2 heterocycles. The van der Waals surface area contributed by atoms with E-state index in [2.05, 4.69) is 34.8 Å². The molecule has 0 bridgehead atoms. The Balaban J connectivity index is 2.52. The molecular formula is C10H12N2S. The predicted octanol–water partition coefficient (Wildman–Crippen LogP) is 2.94. The zero-order chi connectivity index (χ0) is 9.26. The standard InChI is InChI=1S/C10H12N2S/c1-3-12-7-11-6-10(12)9-4-5-13-8(9)2/h4-7H,3H2,1-2H3. The molecule has 0 saturated carbocycles. The number of aromatic nitrogens is 2. The minimum Gasteiger partial charge on any atom is -0.331 e. The molecule has 0 amide bonds. The molecule has 0 aliphatic rings. The Morgan fingerprint density at radius 1 is 1.54 bits per heavy atom. The van der Waals surface area contributed by atoms with Gasteiger partial charge in [-0.3, -0.25) is 0 Å². The van der Waals surface area contributed by atoms with Crippen molar-refractivity contribution in [3.63, 3.8) is 0 Å². The van der Waals surface area contributed by atoms with Gasteiger partial charge in [-0.15, -0.1) is 11.3 Å². The summed E-state index contributed by atoms with van der Waals surface area (Å²) in [4.78, 5) is 5.51. The van der Waals surface area contributed by atoms with Gasteiger partial charge >= 0.3 is 0 Å². The molecule has 13 heavy (non-hydrogen) atoms. The average molecular weight is 192 g/mol. The van der Waals surface area contributed by atoms with Gasteiger partial charge in [-0.25, -0.2) is 4.98 Å². The van der Waals surface area contributed by atoms with Crippen LogP contribution >= 0.6 is 11.3 Å². The van der Waals surface area contributed by atoms with E-state index in [1.165, 1.54) is 16.1 Å². The van der Waals surface area contributed by atoms with Gasteiger partial charge in [-0.1, -0.05) is 0 Å². The number of aryl methyl sites for hydroxylation is 2. The number of hydrogen-bond acceptors (Lipinski definition) is 2. The minimum atomic E-state index is 0.977. The van der Waals surface area contributed by atoms with Crippen molar-refractivity contribution in [3.8, 4) is 11.3 Å². The van der Waals surface area contributed by atoms with Crippen molar-refractivity contribution in [2.75, 3.05) is 0 Å². The fourth-order valence-electron chi connectivity index (χ4n) is 1.45. The minimum absolute atomic E-state index is 0.977. The summed E-state index contributed by atoms with van der Waals surface area (Å²) in [5, 5.41) is 2.12. The first-order valence-electron chi connectivity index (χ1n) is 4.37. The van der Waals surface area contributed by atoms with Crippen LogP contribution < -0.4 is 0 Å². The molecule has 0 atom stereocenters. The molecule has 2 rings (SSSR count). The van der Waals surface area contributed by atoms with Crippen LogP contribution in [0.3, 0.4) is 0 Å². The van der Waals surface area contributed by atoms with Gasteiger partial charge in [0.1, 0.15) is 0 Å². The molecule has 0 fully saturated rings. The number of hydrogen-bond donors (Lipinski definition) is 0. The maximum absolute atomic E-state index is 4.16. The van der Waals surface area contributed by atoms with E-state index in [0.717, 1.165) is 6.54 Å². The highest BCUT2D eigenvalue weighted by Crippen LogP contribution is 2.26. The Bertz CT molecular complexity index is 400. The van der Waals surface area contributed by atoms with Crippen LogP contribution in [0.2, 0.25) is 0 Å². The normalized spacial score (nSPS) is 10.6. The van der Waals surface area contributed by atoms with E-state index in [9.17, 15) is 0 Å². The van der Waals surface area contributed by atoms with E-state index < -0.39 is 0 Å². The summed E-state index contributed by atoms with van der Waals surface area (Å²) < 4.78 is 2.16. The van der Waals surface area contributed by atoms with Crippen LogP contribution in [-0.4, -0.2) is 9.55 Å². The SMILES string of the molecule is CCn1cncc1-c1ccsc1C. The van der Waals surface area contributed by atoms with Crippen LogP contribution in [0.1, 0.15) is 11.8 Å². The van der Waals surface area contributed by atoms with Crippen molar-refractivity contribution in [2.45, 2.75) is 20.4 Å². The van der Waals surface area contributed by atoms with Gasteiger partial charge in [0.05, 0.1) is 18.2 Å². The van der Waals surface area contributed by atoms with Crippen molar-refractivity contribution in [1.29, 1.82) is 0 Å². The first-order chi connectivity index (χ1) is 6.33. The van der Waals surface area contributed by atoms with E-state index in [4.69, 9.17) is 0 Å². The second kappa shape index (κ2) is 3.34. The highest BCUT2D eigenvalue weighted by atomic mass is 32.1. The molecule has 0 N–H and O–H groups in total. The van der Waals surface area contributed by atoms with Crippen LogP contribution in [0.5, 0.6) is 0 Å². The summed E-state index contributed by atoms with van der Waals surface area (Å²) in [7, 11) is 0. The third-order valence-electron chi connectivity index (χ3n) is 2.19. The van der Waals surface area contributed by atoms with Crippen molar-refractivity contribution in [1.82, 2.24) is 9.55 Å². The van der Waals surface area contributed by atoms with Crippen molar-refractivity contribution < 1.29 is 0 Å². The molecule has 0 radical (unpaired) electrons. The first-order valence-corrected chi connectivity index (χ1v) is 5.25. The van der Waals surface area contributed by atoms with Crippen LogP contribution in [0.15, 0.2) is 24.0 Å². The molecule has 2 nitrogen and oxygen atoms in total. The number of thiophene rings is 1. The molecule has 2 aromatic rings. The zero-order valence-corrected chi connectivity index (χ0v) is 8.64. The lowest BCUT2D eigenvalue weighted by atomic mass is 10.2. The Morgan fingerprint density at radius 2 is 2.38 bits per heavy atom. The second-order valence-corrected chi connectivity index (χ2v) is 4.08. The van der Waals surface area contributed by atoms with Gasteiger partial charge in [-0.05, 0) is 25.3 Å². The first kappa shape index (κ1) is 8.51. The van der Waals surface area contributed by atoms with Crippen LogP contribution in [0.4, 0.5) is 0 Å². The summed E-state index contributed by atoms with van der Waals surface area (Å²) in [5.41, 5.74) is 2.53. The second-order valence-electron chi connectivity index (χ2n) is 2.96. The van der Waals surface area contributed by atoms with Gasteiger partial charge in [-0.2, -0.15) is 0 Å². The van der Waals surface area contributed by atoms with Gasteiger partial charge in [0.2, 0.25) is 0 Å². The average Bonchev–Trinajstić information content (AvgIpc) is 2.71. The summed E-state index contributed by atoms with van der Waals surface area (Å²) >= 11 is 1.78. The Kier molecular flexibility index (Phi) is 2.19. The van der Waals surface area contributed by atoms with E-state index in [1.54, 1.807) is 11.3 Å². The highest BCUT2D eigenvalue weighted by Gasteiger charge is 2.06. The molecule has 0 saturated heterocycles. The summed E-state index contributed by atoms with van der Waals surface area (Å²) in [6, 6.07) is 2.16. The number of nitrogens with zero attached hydrogens (tertiary/aromatic N) is 2. The van der Waals surface area contributed by atoms with Crippen LogP contribution in [0.25, 0.3) is 11.3 Å². The quantitative estimate of drug-likeness (QED) is 0.715. The van der Waals surface area contributed by atoms with Gasteiger partial charge < -0.3 is 4.57 Å². The lowest BCUT2D eigenvalue weighted by molar-refractivity contribution is 0.768. The van der Waals surface area contributed by atoms with E-state index in [1.807, 2.05) is 12.5 Å². The summed E-state index contributed by atoms with van der Waals surface area (Å²) in [5.74, 6) is 0. The summed E-state index contributed by atoms with van der Waals surface area (Å²) in [6.07, 6.45) is 3.81. The molecule has 0 aliphatic carbocycles. The molecule has 0 unspecified atom stereocenters. The predicted molar refractivity (Wildman–Crippen MR) is 56.0 cm³/mol. The Labute approximate surface area is 81.9 Å². The molecular weight excluding hydrogens is 180 g/mol. The Hall–Kier alpha value is -1.09. The van der Waals surface area contributed by atoms with E-state index in [0.29, 0.717) is 0 Å². The van der Waals surface area contributed by atoms with Crippen LogP contribution in [-0.2, 0) is 6.54 Å². The van der Waals surface area contributed by atoms with Gasteiger partial charge in [0.25, 0.3) is 0 Å². The smallest absolute Gasteiger partial charge is 0.0950 e. The molecule has 0 aliphatic heterocycles.